The second-order valence-electron chi connectivity index (χ2n) is 4.32. The minimum Gasteiger partial charge on any atom is -0.382 e. The van der Waals surface area contributed by atoms with E-state index in [1.165, 1.54) is 16.9 Å². The van der Waals surface area contributed by atoms with Gasteiger partial charge in [-0.15, -0.1) is 11.8 Å². The van der Waals surface area contributed by atoms with E-state index >= 15 is 0 Å². The average molecular weight is 267 g/mol. The van der Waals surface area contributed by atoms with E-state index in [9.17, 15) is 0 Å². The van der Waals surface area contributed by atoms with Crippen LogP contribution in [0.1, 0.15) is 25.3 Å². The number of benzene rings is 1. The summed E-state index contributed by atoms with van der Waals surface area (Å²) in [6, 6.07) is 8.73. The zero-order valence-corrected chi connectivity index (χ0v) is 12.4. The first-order valence-electron chi connectivity index (χ1n) is 6.81. The van der Waals surface area contributed by atoms with Crippen molar-refractivity contribution in [1.29, 1.82) is 0 Å². The molecule has 1 N–H and O–H groups in total. The molecule has 0 atom stereocenters. The summed E-state index contributed by atoms with van der Waals surface area (Å²) >= 11 is 1.91. The van der Waals surface area contributed by atoms with E-state index < -0.39 is 0 Å². The Balaban J connectivity index is 1.91. The fraction of sp³-hybridized carbons (Fsp3) is 0.600. The van der Waals surface area contributed by atoms with Crippen LogP contribution in [0.3, 0.4) is 0 Å². The molecule has 2 nitrogen and oxygen atoms in total. The summed E-state index contributed by atoms with van der Waals surface area (Å²) in [6.07, 6.45) is 2.36. The molecule has 0 aliphatic heterocycles. The van der Waals surface area contributed by atoms with Crippen LogP contribution in [0.25, 0.3) is 0 Å². The highest BCUT2D eigenvalue weighted by molar-refractivity contribution is 7.99. The standard InChI is InChI=1S/C15H25NOS/c1-3-17-12-5-4-10-16-11-13-18-15-8-6-14(2)7-9-15/h6-9,16H,3-5,10-13H2,1-2H3. The van der Waals surface area contributed by atoms with Gasteiger partial charge < -0.3 is 10.1 Å². The molecule has 1 aromatic carbocycles. The average Bonchev–Trinajstić information content (AvgIpc) is 2.39. The molecular formula is C15H25NOS. The van der Waals surface area contributed by atoms with Crippen LogP contribution >= 0.6 is 11.8 Å². The van der Waals surface area contributed by atoms with E-state index in [2.05, 4.69) is 36.5 Å². The summed E-state index contributed by atoms with van der Waals surface area (Å²) in [5.41, 5.74) is 1.33. The number of rotatable bonds is 10. The molecule has 0 saturated heterocycles. The minimum atomic E-state index is 0.834. The second-order valence-corrected chi connectivity index (χ2v) is 5.48. The molecular weight excluding hydrogens is 242 g/mol. The van der Waals surface area contributed by atoms with Crippen molar-refractivity contribution in [2.45, 2.75) is 31.6 Å². The lowest BCUT2D eigenvalue weighted by molar-refractivity contribution is 0.143. The van der Waals surface area contributed by atoms with Gasteiger partial charge in [-0.2, -0.15) is 0 Å². The molecule has 0 saturated carbocycles. The Labute approximate surface area is 116 Å². The summed E-state index contributed by atoms with van der Waals surface area (Å²) in [7, 11) is 0. The second kappa shape index (κ2) is 10.4. The van der Waals surface area contributed by atoms with Gasteiger partial charge in [0.15, 0.2) is 0 Å². The maximum absolute atomic E-state index is 5.30. The van der Waals surface area contributed by atoms with Gasteiger partial charge in [-0.25, -0.2) is 0 Å². The van der Waals surface area contributed by atoms with Crippen molar-refractivity contribution < 1.29 is 4.74 Å². The third-order valence-corrected chi connectivity index (χ3v) is 3.68. The fourth-order valence-corrected chi connectivity index (χ4v) is 2.41. The van der Waals surface area contributed by atoms with Crippen molar-refractivity contribution in [2.75, 3.05) is 32.1 Å². The molecule has 0 radical (unpaired) electrons. The van der Waals surface area contributed by atoms with Gasteiger partial charge in [0.2, 0.25) is 0 Å². The van der Waals surface area contributed by atoms with Crippen LogP contribution < -0.4 is 5.32 Å². The molecule has 0 aromatic heterocycles. The number of hydrogen-bond donors (Lipinski definition) is 1. The van der Waals surface area contributed by atoms with Gasteiger partial charge in [0.05, 0.1) is 0 Å². The van der Waals surface area contributed by atoms with Gasteiger partial charge >= 0.3 is 0 Å². The summed E-state index contributed by atoms with van der Waals surface area (Å²) in [5.74, 6) is 1.13. The molecule has 0 heterocycles. The van der Waals surface area contributed by atoms with E-state index in [0.29, 0.717) is 0 Å². The molecule has 0 aliphatic carbocycles. The number of thioether (sulfide) groups is 1. The molecule has 18 heavy (non-hydrogen) atoms. The number of ether oxygens (including phenoxy) is 1. The highest BCUT2D eigenvalue weighted by Gasteiger charge is 1.94. The summed E-state index contributed by atoms with van der Waals surface area (Å²) in [4.78, 5) is 1.36. The molecule has 102 valence electrons. The smallest absolute Gasteiger partial charge is 0.0466 e. The van der Waals surface area contributed by atoms with Crippen molar-refractivity contribution in [3.63, 3.8) is 0 Å². The molecule has 0 bridgehead atoms. The predicted molar refractivity (Wildman–Crippen MR) is 80.5 cm³/mol. The Morgan fingerprint density at radius 1 is 1.11 bits per heavy atom. The molecule has 1 rings (SSSR count). The highest BCUT2D eigenvalue weighted by Crippen LogP contribution is 2.17. The normalized spacial score (nSPS) is 10.8. The molecule has 3 heteroatoms. The van der Waals surface area contributed by atoms with Gasteiger partial charge in [-0.1, -0.05) is 17.7 Å². The van der Waals surface area contributed by atoms with Crippen molar-refractivity contribution in [3.8, 4) is 0 Å². The van der Waals surface area contributed by atoms with Crippen LogP contribution in [0, 0.1) is 6.92 Å². The maximum atomic E-state index is 5.30. The number of aryl methyl sites for hydroxylation is 1. The Morgan fingerprint density at radius 2 is 1.89 bits per heavy atom. The van der Waals surface area contributed by atoms with Gasteiger partial charge in [0, 0.05) is 30.4 Å². The number of nitrogens with one attached hydrogen (secondary N) is 1. The molecule has 0 unspecified atom stereocenters. The highest BCUT2D eigenvalue weighted by atomic mass is 32.2. The summed E-state index contributed by atoms with van der Waals surface area (Å²) in [5, 5.41) is 3.47. The van der Waals surface area contributed by atoms with E-state index in [-0.39, 0.29) is 0 Å². The Morgan fingerprint density at radius 3 is 2.61 bits per heavy atom. The molecule has 0 aliphatic rings. The van der Waals surface area contributed by atoms with E-state index in [1.54, 1.807) is 0 Å². The lowest BCUT2D eigenvalue weighted by Gasteiger charge is -2.05. The van der Waals surface area contributed by atoms with Crippen LogP contribution in [-0.4, -0.2) is 32.1 Å². The van der Waals surface area contributed by atoms with Crippen LogP contribution in [0.15, 0.2) is 29.2 Å². The lowest BCUT2D eigenvalue weighted by atomic mass is 10.2. The fourth-order valence-electron chi connectivity index (χ4n) is 1.60. The SMILES string of the molecule is CCOCCCCNCCSc1ccc(C)cc1. The predicted octanol–water partition coefficient (Wildman–Crippen LogP) is 3.49. The Hall–Kier alpha value is -0.510. The van der Waals surface area contributed by atoms with Crippen LogP contribution in [0.2, 0.25) is 0 Å². The van der Waals surface area contributed by atoms with Gasteiger partial charge in [-0.05, 0) is 45.4 Å². The first kappa shape index (κ1) is 15.5. The third kappa shape index (κ3) is 7.75. The Kier molecular flexibility index (Phi) is 9.00. The molecule has 0 fully saturated rings. The van der Waals surface area contributed by atoms with Crippen molar-refractivity contribution in [3.05, 3.63) is 29.8 Å². The van der Waals surface area contributed by atoms with Crippen molar-refractivity contribution >= 4 is 11.8 Å². The summed E-state index contributed by atoms with van der Waals surface area (Å²) in [6.45, 7) is 8.07. The van der Waals surface area contributed by atoms with Gasteiger partial charge in [-0.3, -0.25) is 0 Å². The molecule has 0 spiro atoms. The van der Waals surface area contributed by atoms with Crippen molar-refractivity contribution in [1.82, 2.24) is 5.32 Å². The zero-order valence-electron chi connectivity index (χ0n) is 11.6. The monoisotopic (exact) mass is 267 g/mol. The largest absolute Gasteiger partial charge is 0.382 e. The molecule has 0 amide bonds. The maximum Gasteiger partial charge on any atom is 0.0466 e. The number of hydrogen-bond acceptors (Lipinski definition) is 3. The van der Waals surface area contributed by atoms with Gasteiger partial charge in [0.1, 0.15) is 0 Å². The molecule has 1 aromatic rings. The van der Waals surface area contributed by atoms with E-state index in [1.807, 2.05) is 18.7 Å². The minimum absolute atomic E-state index is 0.834. The van der Waals surface area contributed by atoms with Crippen LogP contribution in [-0.2, 0) is 4.74 Å². The van der Waals surface area contributed by atoms with Crippen molar-refractivity contribution in [2.24, 2.45) is 0 Å². The zero-order chi connectivity index (χ0) is 13.1. The summed E-state index contributed by atoms with van der Waals surface area (Å²) < 4.78 is 5.30. The van der Waals surface area contributed by atoms with E-state index in [0.717, 1.165) is 38.5 Å². The van der Waals surface area contributed by atoms with Crippen LogP contribution in [0.5, 0.6) is 0 Å². The first-order valence-corrected chi connectivity index (χ1v) is 7.79. The Bertz CT molecular complexity index is 300. The van der Waals surface area contributed by atoms with Crippen LogP contribution in [0.4, 0.5) is 0 Å². The van der Waals surface area contributed by atoms with Gasteiger partial charge in [0.25, 0.3) is 0 Å². The third-order valence-electron chi connectivity index (χ3n) is 2.66. The quantitative estimate of drug-likeness (QED) is 0.518. The van der Waals surface area contributed by atoms with E-state index in [4.69, 9.17) is 4.74 Å². The first-order chi connectivity index (χ1) is 8.83. The lowest BCUT2D eigenvalue weighted by Crippen LogP contribution is -2.18. The number of unbranched alkanes of at least 4 members (excludes halogenated alkanes) is 1. The topological polar surface area (TPSA) is 21.3 Å².